The molecule has 3 nitrogen and oxygen atoms in total. The number of amides is 1. The number of nitrogens with one attached hydrogen (secondary N) is 1. The summed E-state index contributed by atoms with van der Waals surface area (Å²) in [5.74, 6) is -0.514. The van der Waals surface area contributed by atoms with E-state index >= 15 is 0 Å². The normalized spacial score (nSPS) is 11.0. The van der Waals surface area contributed by atoms with Gasteiger partial charge in [0.2, 0.25) is 5.91 Å². The van der Waals surface area contributed by atoms with Gasteiger partial charge in [0.15, 0.2) is 0 Å². The van der Waals surface area contributed by atoms with Crippen LogP contribution in [0.15, 0.2) is 30.3 Å². The Bertz CT molecular complexity index is 659. The summed E-state index contributed by atoms with van der Waals surface area (Å²) in [5, 5.41) is 2.76. The van der Waals surface area contributed by atoms with Gasteiger partial charge in [-0.2, -0.15) is 0 Å². The van der Waals surface area contributed by atoms with E-state index in [1.807, 2.05) is 30.9 Å². The van der Waals surface area contributed by atoms with Crippen LogP contribution in [-0.4, -0.2) is 23.9 Å². The Morgan fingerprint density at radius 1 is 1.36 bits per heavy atom. The van der Waals surface area contributed by atoms with Crippen molar-refractivity contribution in [3.05, 3.63) is 50.9 Å². The maximum atomic E-state index is 13.2. The van der Waals surface area contributed by atoms with E-state index < -0.39 is 0 Å². The predicted octanol–water partition coefficient (Wildman–Crippen LogP) is 4.31. The molecular formula is C16H18ClFN2OS. The lowest BCUT2D eigenvalue weighted by Crippen LogP contribution is -2.32. The van der Waals surface area contributed by atoms with Crippen molar-refractivity contribution < 1.29 is 9.18 Å². The van der Waals surface area contributed by atoms with Gasteiger partial charge in [0.1, 0.15) is 5.82 Å². The van der Waals surface area contributed by atoms with Crippen molar-refractivity contribution >= 4 is 34.5 Å². The number of aryl methyl sites for hydroxylation is 1. The van der Waals surface area contributed by atoms with Gasteiger partial charge in [-0.3, -0.25) is 9.69 Å². The molecule has 1 N–H and O–H groups in total. The van der Waals surface area contributed by atoms with Crippen molar-refractivity contribution in [2.45, 2.75) is 20.4 Å². The number of hydrogen-bond donors (Lipinski definition) is 1. The van der Waals surface area contributed by atoms with Crippen LogP contribution in [0.25, 0.3) is 0 Å². The number of carbonyl (C=O) groups is 1. The molecule has 0 bridgehead atoms. The van der Waals surface area contributed by atoms with Gasteiger partial charge >= 0.3 is 0 Å². The first-order valence-electron chi connectivity index (χ1n) is 7.00. The Kier molecular flexibility index (Phi) is 5.94. The number of benzene rings is 1. The zero-order valence-electron chi connectivity index (χ0n) is 12.5. The van der Waals surface area contributed by atoms with Crippen molar-refractivity contribution in [3.63, 3.8) is 0 Å². The molecular weight excluding hydrogens is 323 g/mol. The molecule has 1 aromatic heterocycles. The summed E-state index contributed by atoms with van der Waals surface area (Å²) < 4.78 is 14.0. The molecule has 6 heteroatoms. The minimum absolute atomic E-state index is 0.154. The lowest BCUT2D eigenvalue weighted by Gasteiger charge is -2.19. The average Bonchev–Trinajstić information content (AvgIpc) is 2.87. The van der Waals surface area contributed by atoms with Crippen LogP contribution in [0.3, 0.4) is 0 Å². The van der Waals surface area contributed by atoms with Crippen LogP contribution in [0.2, 0.25) is 4.34 Å². The van der Waals surface area contributed by atoms with Gasteiger partial charge in [-0.25, -0.2) is 4.39 Å². The molecule has 0 spiro atoms. The first kappa shape index (κ1) is 16.9. The molecule has 0 unspecified atom stereocenters. The maximum absolute atomic E-state index is 13.2. The fourth-order valence-corrected chi connectivity index (χ4v) is 3.19. The zero-order valence-corrected chi connectivity index (χ0v) is 14.1. The van der Waals surface area contributed by atoms with Crippen LogP contribution in [-0.2, 0) is 11.3 Å². The Labute approximate surface area is 138 Å². The Hall–Kier alpha value is -1.43. The highest BCUT2D eigenvalue weighted by molar-refractivity contribution is 7.16. The number of rotatable bonds is 6. The molecule has 0 aliphatic carbocycles. The number of likely N-dealkylation sites (N-methyl/N-ethyl adjacent to an activating group) is 1. The van der Waals surface area contributed by atoms with E-state index in [-0.39, 0.29) is 18.3 Å². The van der Waals surface area contributed by atoms with Gasteiger partial charge in [-0.05, 0) is 43.3 Å². The van der Waals surface area contributed by atoms with Crippen molar-refractivity contribution in [2.75, 3.05) is 18.4 Å². The highest BCUT2D eigenvalue weighted by Crippen LogP contribution is 2.22. The van der Waals surface area contributed by atoms with Gasteiger partial charge in [0.25, 0.3) is 0 Å². The third-order valence-corrected chi connectivity index (χ3v) is 4.51. The summed E-state index contributed by atoms with van der Waals surface area (Å²) in [6.07, 6.45) is 0. The number of thiophene rings is 1. The highest BCUT2D eigenvalue weighted by atomic mass is 35.5. The number of halogens is 2. The number of nitrogens with zero attached hydrogens (tertiary/aromatic N) is 1. The Morgan fingerprint density at radius 3 is 2.77 bits per heavy atom. The van der Waals surface area contributed by atoms with E-state index in [0.29, 0.717) is 12.2 Å². The maximum Gasteiger partial charge on any atom is 0.238 e. The molecule has 2 rings (SSSR count). The topological polar surface area (TPSA) is 32.3 Å². The van der Waals surface area contributed by atoms with Gasteiger partial charge in [0, 0.05) is 17.1 Å². The molecule has 0 saturated carbocycles. The molecule has 2 aromatic rings. The molecule has 1 amide bonds. The second kappa shape index (κ2) is 7.72. The molecule has 0 aliphatic rings. The molecule has 1 aromatic carbocycles. The second-order valence-corrected chi connectivity index (χ2v) is 6.82. The lowest BCUT2D eigenvalue weighted by molar-refractivity contribution is -0.117. The van der Waals surface area contributed by atoms with Crippen LogP contribution in [0.4, 0.5) is 10.1 Å². The summed E-state index contributed by atoms with van der Waals surface area (Å²) in [6.45, 7) is 5.49. The fraction of sp³-hybridized carbons (Fsp3) is 0.312. The van der Waals surface area contributed by atoms with E-state index in [4.69, 9.17) is 11.6 Å². The van der Waals surface area contributed by atoms with Crippen LogP contribution < -0.4 is 5.32 Å². The van der Waals surface area contributed by atoms with E-state index in [0.717, 1.165) is 21.3 Å². The smallest absolute Gasteiger partial charge is 0.238 e. The fourth-order valence-electron chi connectivity index (χ4n) is 2.06. The van der Waals surface area contributed by atoms with Crippen molar-refractivity contribution in [3.8, 4) is 0 Å². The quantitative estimate of drug-likeness (QED) is 0.849. The molecule has 0 atom stereocenters. The molecule has 118 valence electrons. The summed E-state index contributed by atoms with van der Waals surface area (Å²) >= 11 is 7.43. The van der Waals surface area contributed by atoms with Gasteiger partial charge in [-0.1, -0.05) is 24.6 Å². The van der Waals surface area contributed by atoms with Crippen LogP contribution >= 0.6 is 22.9 Å². The summed E-state index contributed by atoms with van der Waals surface area (Å²) in [7, 11) is 0. The van der Waals surface area contributed by atoms with E-state index in [2.05, 4.69) is 5.32 Å². The SMILES string of the molecule is CCN(CC(=O)Nc1cc(F)ccc1C)Cc1ccc(Cl)s1. The summed E-state index contributed by atoms with van der Waals surface area (Å²) in [6, 6.07) is 8.18. The lowest BCUT2D eigenvalue weighted by atomic mass is 10.2. The number of anilines is 1. The Balaban J connectivity index is 1.95. The average molecular weight is 341 g/mol. The van der Waals surface area contributed by atoms with Crippen LogP contribution in [0.5, 0.6) is 0 Å². The molecule has 1 heterocycles. The van der Waals surface area contributed by atoms with Crippen molar-refractivity contribution in [1.82, 2.24) is 4.90 Å². The molecule has 0 fully saturated rings. The van der Waals surface area contributed by atoms with E-state index in [1.165, 1.54) is 23.5 Å². The highest BCUT2D eigenvalue weighted by Gasteiger charge is 2.12. The summed E-state index contributed by atoms with van der Waals surface area (Å²) in [4.78, 5) is 15.3. The van der Waals surface area contributed by atoms with Gasteiger partial charge < -0.3 is 5.32 Å². The van der Waals surface area contributed by atoms with Crippen LogP contribution in [0, 0.1) is 12.7 Å². The summed E-state index contributed by atoms with van der Waals surface area (Å²) in [5.41, 5.74) is 1.35. The van der Waals surface area contributed by atoms with Crippen LogP contribution in [0.1, 0.15) is 17.4 Å². The van der Waals surface area contributed by atoms with Gasteiger partial charge in [0.05, 0.1) is 10.9 Å². The first-order chi connectivity index (χ1) is 10.5. The van der Waals surface area contributed by atoms with E-state index in [9.17, 15) is 9.18 Å². The second-order valence-electron chi connectivity index (χ2n) is 5.02. The third kappa shape index (κ3) is 4.80. The minimum atomic E-state index is -0.360. The first-order valence-corrected chi connectivity index (χ1v) is 8.20. The van der Waals surface area contributed by atoms with Crippen molar-refractivity contribution in [2.24, 2.45) is 0 Å². The molecule has 0 saturated heterocycles. The largest absolute Gasteiger partial charge is 0.325 e. The van der Waals surface area contributed by atoms with Gasteiger partial charge in [-0.15, -0.1) is 11.3 Å². The minimum Gasteiger partial charge on any atom is -0.325 e. The molecule has 0 radical (unpaired) electrons. The predicted molar refractivity (Wildman–Crippen MR) is 90.0 cm³/mol. The Morgan fingerprint density at radius 2 is 2.14 bits per heavy atom. The molecule has 22 heavy (non-hydrogen) atoms. The number of carbonyl (C=O) groups excluding carboxylic acids is 1. The number of hydrogen-bond acceptors (Lipinski definition) is 3. The van der Waals surface area contributed by atoms with Crippen molar-refractivity contribution in [1.29, 1.82) is 0 Å². The third-order valence-electron chi connectivity index (χ3n) is 3.30. The monoisotopic (exact) mass is 340 g/mol. The molecule has 0 aliphatic heterocycles. The standard InChI is InChI=1S/C16H18ClFN2OS/c1-3-20(9-13-6-7-15(17)22-13)10-16(21)19-14-8-12(18)5-4-11(14)2/h4-8H,3,9-10H2,1-2H3,(H,19,21). The van der Waals surface area contributed by atoms with E-state index in [1.54, 1.807) is 6.07 Å². The zero-order chi connectivity index (χ0) is 16.1.